The fourth-order valence-electron chi connectivity index (χ4n) is 1.69. The Kier molecular flexibility index (Phi) is 5.43. The van der Waals surface area contributed by atoms with Crippen molar-refractivity contribution in [1.82, 2.24) is 0 Å². The van der Waals surface area contributed by atoms with E-state index in [1.54, 1.807) is 7.11 Å². The first-order valence-electron chi connectivity index (χ1n) is 6.10. The fourth-order valence-corrected chi connectivity index (χ4v) is 2.30. The summed E-state index contributed by atoms with van der Waals surface area (Å²) < 4.78 is 5.26. The zero-order valence-corrected chi connectivity index (χ0v) is 12.9. The second-order valence-electron chi connectivity index (χ2n) is 4.00. The molecule has 2 N–H and O–H groups in total. The number of thioether (sulfide) groups is 1. The molecule has 106 valence electrons. The van der Waals surface area contributed by atoms with Gasteiger partial charge in [-0.15, -0.1) is 0 Å². The van der Waals surface area contributed by atoms with Crippen molar-refractivity contribution >= 4 is 40.5 Å². The van der Waals surface area contributed by atoms with Gasteiger partial charge >= 0.3 is 0 Å². The smallest absolute Gasteiger partial charge is 0.175 e. The van der Waals surface area contributed by atoms with Gasteiger partial charge in [-0.3, -0.25) is 0 Å². The molecule has 0 radical (unpaired) electrons. The van der Waals surface area contributed by atoms with Gasteiger partial charge in [0.05, 0.1) is 12.8 Å². The van der Waals surface area contributed by atoms with Crippen LogP contribution in [0.5, 0.6) is 5.75 Å². The van der Waals surface area contributed by atoms with Gasteiger partial charge in [-0.2, -0.15) is 5.26 Å². The molecule has 2 rings (SSSR count). The van der Waals surface area contributed by atoms with Crippen LogP contribution >= 0.6 is 24.0 Å². The highest BCUT2D eigenvalue weighted by Gasteiger charge is 2.04. The standard InChI is InChI=1S/C15H13N3OS2/c1-19-14-5-3-2-4-13(14)18-15(20)17-11-6-8-12(9-7-11)21-10-16/h2-9H,1H3,(H2,17,18,20). The Morgan fingerprint density at radius 1 is 1.14 bits per heavy atom. The number of thiocarbonyl (C=S) groups is 1. The first kappa shape index (κ1) is 15.2. The maximum Gasteiger partial charge on any atom is 0.175 e. The Morgan fingerprint density at radius 3 is 2.52 bits per heavy atom. The number of anilines is 2. The number of nitriles is 1. The second kappa shape index (κ2) is 7.53. The molecule has 0 aliphatic carbocycles. The van der Waals surface area contributed by atoms with Crippen molar-refractivity contribution < 1.29 is 4.74 Å². The van der Waals surface area contributed by atoms with Crippen LogP contribution in [0.1, 0.15) is 0 Å². The summed E-state index contributed by atoms with van der Waals surface area (Å²) in [5.41, 5.74) is 1.65. The van der Waals surface area contributed by atoms with Crippen LogP contribution in [0.2, 0.25) is 0 Å². The Labute approximate surface area is 133 Å². The molecule has 0 aliphatic rings. The zero-order chi connectivity index (χ0) is 15.1. The van der Waals surface area contributed by atoms with Crippen LogP contribution in [-0.2, 0) is 0 Å². The highest BCUT2D eigenvalue weighted by molar-refractivity contribution is 8.03. The number of methoxy groups -OCH3 is 1. The molecule has 0 bridgehead atoms. The van der Waals surface area contributed by atoms with Crippen molar-refractivity contribution in [3.05, 3.63) is 48.5 Å². The normalized spacial score (nSPS) is 9.52. The lowest BCUT2D eigenvalue weighted by molar-refractivity contribution is 0.417. The topological polar surface area (TPSA) is 57.1 Å². The molecule has 0 aliphatic heterocycles. The van der Waals surface area contributed by atoms with Gasteiger partial charge in [0, 0.05) is 10.6 Å². The number of hydrogen-bond acceptors (Lipinski definition) is 4. The van der Waals surface area contributed by atoms with Crippen LogP contribution in [0.3, 0.4) is 0 Å². The fraction of sp³-hybridized carbons (Fsp3) is 0.0667. The number of thiocyanates is 1. The van der Waals surface area contributed by atoms with Gasteiger partial charge in [0.25, 0.3) is 0 Å². The number of rotatable bonds is 4. The van der Waals surface area contributed by atoms with Crippen molar-refractivity contribution in [3.8, 4) is 11.2 Å². The third kappa shape index (κ3) is 4.38. The number of benzene rings is 2. The van der Waals surface area contributed by atoms with E-state index in [-0.39, 0.29) is 0 Å². The summed E-state index contributed by atoms with van der Waals surface area (Å²) in [6.07, 6.45) is 0. The maximum absolute atomic E-state index is 8.60. The number of nitrogens with one attached hydrogen (secondary N) is 2. The summed E-state index contributed by atoms with van der Waals surface area (Å²) in [6, 6.07) is 15.0. The van der Waals surface area contributed by atoms with Gasteiger partial charge in [-0.1, -0.05) is 12.1 Å². The van der Waals surface area contributed by atoms with Crippen molar-refractivity contribution in [3.63, 3.8) is 0 Å². The lowest BCUT2D eigenvalue weighted by Crippen LogP contribution is -2.19. The van der Waals surface area contributed by atoms with Crippen LogP contribution in [0.4, 0.5) is 11.4 Å². The average Bonchev–Trinajstić information content (AvgIpc) is 2.50. The van der Waals surface area contributed by atoms with E-state index in [0.717, 1.165) is 33.8 Å². The summed E-state index contributed by atoms with van der Waals surface area (Å²) >= 11 is 6.40. The maximum atomic E-state index is 8.60. The number of nitrogens with zero attached hydrogens (tertiary/aromatic N) is 1. The Bertz CT molecular complexity index is 665. The van der Waals surface area contributed by atoms with Crippen molar-refractivity contribution in [1.29, 1.82) is 5.26 Å². The molecule has 21 heavy (non-hydrogen) atoms. The van der Waals surface area contributed by atoms with Crippen molar-refractivity contribution in [2.75, 3.05) is 17.7 Å². The van der Waals surface area contributed by atoms with Gasteiger partial charge in [0.2, 0.25) is 0 Å². The minimum atomic E-state index is 0.472. The Hall–Kier alpha value is -2.23. The first-order valence-corrected chi connectivity index (χ1v) is 7.32. The summed E-state index contributed by atoms with van der Waals surface area (Å²) in [4.78, 5) is 0.895. The molecule has 0 unspecified atom stereocenters. The van der Waals surface area contributed by atoms with E-state index in [0.29, 0.717) is 5.11 Å². The van der Waals surface area contributed by atoms with Gasteiger partial charge in [0.1, 0.15) is 11.2 Å². The van der Waals surface area contributed by atoms with E-state index >= 15 is 0 Å². The number of ether oxygens (including phenoxy) is 1. The summed E-state index contributed by atoms with van der Waals surface area (Å²) in [7, 11) is 1.61. The minimum Gasteiger partial charge on any atom is -0.495 e. The Balaban J connectivity index is 2.00. The van der Waals surface area contributed by atoms with Crippen LogP contribution < -0.4 is 15.4 Å². The molecule has 2 aromatic carbocycles. The van der Waals surface area contributed by atoms with Gasteiger partial charge in [-0.25, -0.2) is 0 Å². The van der Waals surface area contributed by atoms with Crippen LogP contribution in [0, 0.1) is 10.7 Å². The predicted octanol–water partition coefficient (Wildman–Crippen LogP) is 4.08. The molecule has 0 heterocycles. The zero-order valence-electron chi connectivity index (χ0n) is 11.3. The molecule has 2 aromatic rings. The van der Waals surface area contributed by atoms with Crippen LogP contribution in [0.25, 0.3) is 0 Å². The lowest BCUT2D eigenvalue weighted by Gasteiger charge is -2.13. The van der Waals surface area contributed by atoms with Crippen molar-refractivity contribution in [2.24, 2.45) is 0 Å². The van der Waals surface area contributed by atoms with E-state index < -0.39 is 0 Å². The minimum absolute atomic E-state index is 0.472. The average molecular weight is 315 g/mol. The predicted molar refractivity (Wildman–Crippen MR) is 90.7 cm³/mol. The van der Waals surface area contributed by atoms with Gasteiger partial charge < -0.3 is 15.4 Å². The van der Waals surface area contributed by atoms with Crippen molar-refractivity contribution in [2.45, 2.75) is 4.90 Å². The summed E-state index contributed by atoms with van der Waals surface area (Å²) in [5.74, 6) is 0.724. The molecule has 0 saturated carbocycles. The highest BCUT2D eigenvalue weighted by Crippen LogP contribution is 2.23. The van der Waals surface area contributed by atoms with E-state index in [1.807, 2.05) is 53.9 Å². The lowest BCUT2D eigenvalue weighted by atomic mass is 10.3. The molecular formula is C15H13N3OS2. The van der Waals surface area contributed by atoms with E-state index in [9.17, 15) is 0 Å². The summed E-state index contributed by atoms with van der Waals surface area (Å²) in [5, 5.41) is 17.3. The molecule has 0 amide bonds. The molecule has 0 aromatic heterocycles. The van der Waals surface area contributed by atoms with Gasteiger partial charge in [-0.05, 0) is 60.4 Å². The van der Waals surface area contributed by atoms with E-state index in [1.165, 1.54) is 0 Å². The first-order chi connectivity index (χ1) is 10.2. The molecule has 6 heteroatoms. The highest BCUT2D eigenvalue weighted by atomic mass is 32.2. The van der Waals surface area contributed by atoms with E-state index in [2.05, 4.69) is 10.6 Å². The third-order valence-electron chi connectivity index (χ3n) is 2.63. The Morgan fingerprint density at radius 2 is 1.86 bits per heavy atom. The molecule has 0 atom stereocenters. The van der Waals surface area contributed by atoms with E-state index in [4.69, 9.17) is 22.2 Å². The quantitative estimate of drug-likeness (QED) is 0.504. The molecule has 0 saturated heterocycles. The molecule has 0 spiro atoms. The number of para-hydroxylation sites is 2. The molecule has 4 nitrogen and oxygen atoms in total. The second-order valence-corrected chi connectivity index (χ2v) is 5.26. The van der Waals surface area contributed by atoms with Crippen LogP contribution in [0.15, 0.2) is 53.4 Å². The monoisotopic (exact) mass is 315 g/mol. The van der Waals surface area contributed by atoms with Gasteiger partial charge in [0.15, 0.2) is 5.11 Å². The number of hydrogen-bond donors (Lipinski definition) is 2. The third-order valence-corrected chi connectivity index (χ3v) is 3.43. The van der Waals surface area contributed by atoms with Crippen LogP contribution in [-0.4, -0.2) is 12.2 Å². The molecule has 0 fully saturated rings. The summed E-state index contributed by atoms with van der Waals surface area (Å²) in [6.45, 7) is 0. The SMILES string of the molecule is COc1ccccc1NC(=S)Nc1ccc(SC#N)cc1. The molecular weight excluding hydrogens is 302 g/mol. The largest absolute Gasteiger partial charge is 0.495 e.